The van der Waals surface area contributed by atoms with Gasteiger partial charge in [-0.15, -0.1) is 12.4 Å². The first-order valence-corrected chi connectivity index (χ1v) is 9.44. The quantitative estimate of drug-likeness (QED) is 0.771. The van der Waals surface area contributed by atoms with Gasteiger partial charge in [0.15, 0.2) is 0 Å². The molecule has 1 fully saturated rings. The molecule has 1 saturated heterocycles. The van der Waals surface area contributed by atoms with Crippen LogP contribution in [0.5, 0.6) is 5.75 Å². The largest absolute Gasteiger partial charge is 0.492 e. The molecule has 0 unspecified atom stereocenters. The summed E-state index contributed by atoms with van der Waals surface area (Å²) in [5.74, 6) is 0.463. The van der Waals surface area contributed by atoms with Crippen LogP contribution in [0.25, 0.3) is 0 Å². The molecule has 9 heteroatoms. The molecular weight excluding hydrogens is 354 g/mol. The minimum atomic E-state index is -3.17. The molecule has 0 aliphatic carbocycles. The second kappa shape index (κ2) is 9.22. The highest BCUT2D eigenvalue weighted by molar-refractivity contribution is 7.88. The van der Waals surface area contributed by atoms with Gasteiger partial charge in [-0.2, -0.15) is 0 Å². The van der Waals surface area contributed by atoms with Crippen LogP contribution in [0.1, 0.15) is 12.8 Å². The van der Waals surface area contributed by atoms with E-state index < -0.39 is 10.0 Å². The molecule has 1 heterocycles. The van der Waals surface area contributed by atoms with Gasteiger partial charge in [0, 0.05) is 31.2 Å². The normalized spacial score (nSPS) is 16.2. The van der Waals surface area contributed by atoms with E-state index in [-0.39, 0.29) is 24.2 Å². The third-order valence-electron chi connectivity index (χ3n) is 3.80. The molecule has 1 aromatic rings. The lowest BCUT2D eigenvalue weighted by Gasteiger charge is -2.29. The van der Waals surface area contributed by atoms with Crippen LogP contribution < -0.4 is 15.8 Å². The molecule has 1 aliphatic rings. The zero-order chi connectivity index (χ0) is 16.9. The number of nitrogens with zero attached hydrogens (tertiary/aromatic N) is 1. The lowest BCUT2D eigenvalue weighted by atomic mass is 9.97. The summed E-state index contributed by atoms with van der Waals surface area (Å²) in [4.78, 5) is 12.3. The van der Waals surface area contributed by atoms with Crippen molar-refractivity contribution in [1.29, 1.82) is 0 Å². The number of nitrogens with one attached hydrogen (secondary N) is 1. The molecule has 1 amide bonds. The topological polar surface area (TPSA) is 102 Å². The number of nitrogens with two attached hydrogens (primary N) is 1. The predicted octanol–water partition coefficient (Wildman–Crippen LogP) is 1.06. The standard InChI is InChI=1S/C15H23N3O4S.ClH/c1-23(20,21)18-9-6-12(7-10-18)15(19)17-13-2-4-14(5-3-13)22-11-8-16;/h2-5,12H,6-11,16H2,1H3,(H,17,19);1H. The molecule has 0 bridgehead atoms. The smallest absolute Gasteiger partial charge is 0.227 e. The Kier molecular flexibility index (Phi) is 7.95. The Labute approximate surface area is 149 Å². The molecule has 0 saturated carbocycles. The van der Waals surface area contributed by atoms with Crippen LogP contribution >= 0.6 is 12.4 Å². The molecule has 0 spiro atoms. The summed E-state index contributed by atoms with van der Waals surface area (Å²) in [6.07, 6.45) is 2.27. The van der Waals surface area contributed by atoms with Crippen LogP contribution in [-0.4, -0.2) is 51.1 Å². The van der Waals surface area contributed by atoms with Gasteiger partial charge < -0.3 is 15.8 Å². The van der Waals surface area contributed by atoms with Crippen LogP contribution in [-0.2, 0) is 14.8 Å². The van der Waals surface area contributed by atoms with E-state index in [1.165, 1.54) is 10.6 Å². The molecular formula is C15H24ClN3O4S. The number of anilines is 1. The van der Waals surface area contributed by atoms with Crippen LogP contribution in [0.2, 0.25) is 0 Å². The van der Waals surface area contributed by atoms with Crippen molar-refractivity contribution in [2.45, 2.75) is 12.8 Å². The number of halogens is 1. The monoisotopic (exact) mass is 377 g/mol. The summed E-state index contributed by atoms with van der Waals surface area (Å²) in [5.41, 5.74) is 6.06. The number of carbonyl (C=O) groups excluding carboxylic acids is 1. The third-order valence-corrected chi connectivity index (χ3v) is 5.11. The van der Waals surface area contributed by atoms with Gasteiger partial charge in [-0.05, 0) is 37.1 Å². The van der Waals surface area contributed by atoms with Crippen molar-refractivity contribution in [3.05, 3.63) is 24.3 Å². The first-order chi connectivity index (χ1) is 10.9. The van der Waals surface area contributed by atoms with Gasteiger partial charge >= 0.3 is 0 Å². The molecule has 136 valence electrons. The van der Waals surface area contributed by atoms with Crippen LogP contribution in [0.4, 0.5) is 5.69 Å². The Morgan fingerprint density at radius 3 is 2.38 bits per heavy atom. The highest BCUT2D eigenvalue weighted by Crippen LogP contribution is 2.22. The maximum absolute atomic E-state index is 12.3. The number of amides is 1. The fourth-order valence-corrected chi connectivity index (χ4v) is 3.38. The molecule has 0 aromatic heterocycles. The second-order valence-corrected chi connectivity index (χ2v) is 7.57. The van der Waals surface area contributed by atoms with E-state index in [0.29, 0.717) is 50.5 Å². The first-order valence-electron chi connectivity index (χ1n) is 7.59. The Morgan fingerprint density at radius 1 is 1.29 bits per heavy atom. The number of sulfonamides is 1. The fraction of sp³-hybridized carbons (Fsp3) is 0.533. The highest BCUT2D eigenvalue weighted by atomic mass is 35.5. The predicted molar refractivity (Wildman–Crippen MR) is 96.0 cm³/mol. The molecule has 1 aromatic carbocycles. The van der Waals surface area contributed by atoms with Gasteiger partial charge in [-0.25, -0.2) is 12.7 Å². The van der Waals surface area contributed by atoms with Crippen LogP contribution in [0.15, 0.2) is 24.3 Å². The van der Waals surface area contributed by atoms with Crippen molar-refractivity contribution in [2.75, 3.05) is 37.8 Å². The summed E-state index contributed by atoms with van der Waals surface area (Å²) in [6, 6.07) is 7.10. The SMILES string of the molecule is CS(=O)(=O)N1CCC(C(=O)Nc2ccc(OCCN)cc2)CC1.Cl. The van der Waals surface area contributed by atoms with E-state index >= 15 is 0 Å². The summed E-state index contributed by atoms with van der Waals surface area (Å²) in [7, 11) is -3.17. The van der Waals surface area contributed by atoms with Crippen molar-refractivity contribution >= 4 is 34.0 Å². The van der Waals surface area contributed by atoms with Gasteiger partial charge in [-0.3, -0.25) is 4.79 Å². The van der Waals surface area contributed by atoms with E-state index in [4.69, 9.17) is 10.5 Å². The van der Waals surface area contributed by atoms with Crippen molar-refractivity contribution < 1.29 is 17.9 Å². The van der Waals surface area contributed by atoms with Gasteiger partial charge in [0.25, 0.3) is 0 Å². The molecule has 1 aliphatic heterocycles. The Hall–Kier alpha value is -1.35. The number of hydrogen-bond acceptors (Lipinski definition) is 5. The van der Waals surface area contributed by atoms with Crippen LogP contribution in [0.3, 0.4) is 0 Å². The average Bonchev–Trinajstić information content (AvgIpc) is 2.53. The van der Waals surface area contributed by atoms with Gasteiger partial charge in [0.1, 0.15) is 12.4 Å². The van der Waals surface area contributed by atoms with Crippen molar-refractivity contribution in [2.24, 2.45) is 11.7 Å². The molecule has 7 nitrogen and oxygen atoms in total. The highest BCUT2D eigenvalue weighted by Gasteiger charge is 2.28. The van der Waals surface area contributed by atoms with E-state index in [1.807, 2.05) is 0 Å². The number of carbonyl (C=O) groups is 1. The summed E-state index contributed by atoms with van der Waals surface area (Å²) >= 11 is 0. The Bertz CT molecular complexity index is 629. The zero-order valence-electron chi connectivity index (χ0n) is 13.6. The average molecular weight is 378 g/mol. The number of rotatable bonds is 6. The summed E-state index contributed by atoms with van der Waals surface area (Å²) in [6.45, 7) is 1.68. The van der Waals surface area contributed by atoms with E-state index in [2.05, 4.69) is 5.32 Å². The molecule has 0 atom stereocenters. The van der Waals surface area contributed by atoms with Crippen LogP contribution in [0, 0.1) is 5.92 Å². The molecule has 24 heavy (non-hydrogen) atoms. The Balaban J connectivity index is 0.00000288. The number of piperidine rings is 1. The van der Waals surface area contributed by atoms with E-state index in [1.54, 1.807) is 24.3 Å². The van der Waals surface area contributed by atoms with E-state index in [9.17, 15) is 13.2 Å². The van der Waals surface area contributed by atoms with Crippen molar-refractivity contribution in [3.8, 4) is 5.75 Å². The Morgan fingerprint density at radius 2 is 1.88 bits per heavy atom. The van der Waals surface area contributed by atoms with Crippen molar-refractivity contribution in [1.82, 2.24) is 4.31 Å². The molecule has 0 radical (unpaired) electrons. The van der Waals surface area contributed by atoms with Gasteiger partial charge in [-0.1, -0.05) is 0 Å². The zero-order valence-corrected chi connectivity index (χ0v) is 15.2. The fourth-order valence-electron chi connectivity index (χ4n) is 2.51. The van der Waals surface area contributed by atoms with E-state index in [0.717, 1.165) is 0 Å². The lowest BCUT2D eigenvalue weighted by molar-refractivity contribution is -0.120. The number of hydrogen-bond donors (Lipinski definition) is 2. The minimum Gasteiger partial charge on any atom is -0.492 e. The van der Waals surface area contributed by atoms with Gasteiger partial charge in [0.05, 0.1) is 6.26 Å². The third kappa shape index (κ3) is 5.94. The minimum absolute atomic E-state index is 0. The first kappa shape index (κ1) is 20.7. The van der Waals surface area contributed by atoms with Gasteiger partial charge in [0.2, 0.25) is 15.9 Å². The number of benzene rings is 1. The second-order valence-electron chi connectivity index (χ2n) is 5.59. The molecule has 2 rings (SSSR count). The lowest BCUT2D eigenvalue weighted by Crippen LogP contribution is -2.40. The maximum atomic E-state index is 12.3. The maximum Gasteiger partial charge on any atom is 0.227 e. The summed E-state index contributed by atoms with van der Waals surface area (Å²) < 4.78 is 29.7. The van der Waals surface area contributed by atoms with Crippen molar-refractivity contribution in [3.63, 3.8) is 0 Å². The number of ether oxygens (including phenoxy) is 1. The molecule has 3 N–H and O–H groups in total. The summed E-state index contributed by atoms with van der Waals surface area (Å²) in [5, 5.41) is 2.86.